The van der Waals surface area contributed by atoms with Crippen LogP contribution in [0, 0.1) is 5.95 Å². The van der Waals surface area contributed by atoms with Crippen molar-refractivity contribution in [3.63, 3.8) is 0 Å². The fourth-order valence-corrected chi connectivity index (χ4v) is 5.99. The van der Waals surface area contributed by atoms with E-state index in [0.717, 1.165) is 48.7 Å². The Morgan fingerprint density at radius 2 is 1.89 bits per heavy atom. The van der Waals surface area contributed by atoms with Gasteiger partial charge >= 0.3 is 6.03 Å². The molecule has 1 saturated carbocycles. The van der Waals surface area contributed by atoms with Crippen LogP contribution >= 0.6 is 11.6 Å². The zero-order chi connectivity index (χ0) is 26.1. The van der Waals surface area contributed by atoms with Gasteiger partial charge in [-0.05, 0) is 97.3 Å². The number of pyridine rings is 1. The molecule has 0 radical (unpaired) electrons. The first-order valence-corrected chi connectivity index (χ1v) is 13.8. The molecule has 0 unspecified atom stereocenters. The van der Waals surface area contributed by atoms with Crippen LogP contribution in [0.5, 0.6) is 0 Å². The average Bonchev–Trinajstić information content (AvgIpc) is 3.74. The van der Waals surface area contributed by atoms with E-state index in [0.29, 0.717) is 18.0 Å². The number of urea groups is 1. The number of nitrogens with one attached hydrogen (secondary N) is 1. The molecule has 1 aliphatic carbocycles. The topological polar surface area (TPSA) is 48.5 Å². The second-order valence-corrected chi connectivity index (χ2v) is 11.3. The summed E-state index contributed by atoms with van der Waals surface area (Å²) in [6.45, 7) is 3.83. The van der Waals surface area contributed by atoms with Gasteiger partial charge in [0.2, 0.25) is 5.95 Å². The highest BCUT2D eigenvalue weighted by Crippen LogP contribution is 2.50. The zero-order valence-corrected chi connectivity index (χ0v) is 22.1. The van der Waals surface area contributed by atoms with E-state index in [9.17, 15) is 9.18 Å². The van der Waals surface area contributed by atoms with Crippen molar-refractivity contribution >= 4 is 29.4 Å². The maximum atomic E-state index is 13.5. The lowest BCUT2D eigenvalue weighted by Gasteiger charge is -2.39. The Bertz CT molecular complexity index is 1350. The van der Waals surface area contributed by atoms with E-state index in [4.69, 9.17) is 11.6 Å². The monoisotopic (exact) mass is 530 g/mol. The number of amides is 2. The Morgan fingerprint density at radius 3 is 2.63 bits per heavy atom. The largest absolute Gasteiger partial charge is 0.334 e. The van der Waals surface area contributed by atoms with Crippen LogP contribution in [0.15, 0.2) is 66.9 Å². The molecule has 3 heterocycles. The molecule has 2 aromatic carbocycles. The number of piperidine rings is 1. The van der Waals surface area contributed by atoms with E-state index in [-0.39, 0.29) is 18.0 Å². The van der Waals surface area contributed by atoms with Gasteiger partial charge in [0.15, 0.2) is 0 Å². The van der Waals surface area contributed by atoms with Gasteiger partial charge in [0.05, 0.1) is 0 Å². The molecule has 2 aliphatic heterocycles. The van der Waals surface area contributed by atoms with Gasteiger partial charge in [0, 0.05) is 42.0 Å². The third-order valence-electron chi connectivity index (χ3n) is 8.23. The Hall–Kier alpha value is -3.22. The molecule has 1 aromatic heterocycles. The van der Waals surface area contributed by atoms with Gasteiger partial charge in [-0.25, -0.2) is 9.78 Å². The predicted octanol–water partition coefficient (Wildman–Crippen LogP) is 6.53. The molecule has 1 spiro atoms. The molecular weight excluding hydrogens is 499 g/mol. The number of halogens is 2. The summed E-state index contributed by atoms with van der Waals surface area (Å²) in [6, 6.07) is 17.6. The van der Waals surface area contributed by atoms with Crippen LogP contribution in [0.3, 0.4) is 0 Å². The number of carbonyl (C=O) groups is 1. The van der Waals surface area contributed by atoms with Gasteiger partial charge in [-0.2, -0.15) is 4.39 Å². The van der Waals surface area contributed by atoms with E-state index in [1.54, 1.807) is 6.07 Å². The van der Waals surface area contributed by atoms with E-state index in [1.165, 1.54) is 36.2 Å². The lowest BCUT2D eigenvalue weighted by molar-refractivity contribution is 0.180. The van der Waals surface area contributed by atoms with Gasteiger partial charge in [-0.1, -0.05) is 48.0 Å². The van der Waals surface area contributed by atoms with Crippen molar-refractivity contribution in [2.45, 2.75) is 43.6 Å². The second kappa shape index (κ2) is 10.5. The van der Waals surface area contributed by atoms with Gasteiger partial charge in [0.1, 0.15) is 0 Å². The molecule has 0 bridgehead atoms. The Labute approximate surface area is 228 Å². The first-order valence-electron chi connectivity index (χ1n) is 13.4. The van der Waals surface area contributed by atoms with Crippen LogP contribution in [0.25, 0.3) is 6.08 Å². The number of aromatic nitrogens is 1. The van der Waals surface area contributed by atoms with Crippen molar-refractivity contribution < 1.29 is 9.18 Å². The zero-order valence-electron chi connectivity index (χ0n) is 21.4. The average molecular weight is 531 g/mol. The van der Waals surface area contributed by atoms with E-state index >= 15 is 0 Å². The summed E-state index contributed by atoms with van der Waals surface area (Å²) in [6.07, 6.45) is 10.3. The Kier molecular flexibility index (Phi) is 6.93. The van der Waals surface area contributed by atoms with Gasteiger partial charge < -0.3 is 5.32 Å². The number of fused-ring (bicyclic) bond motifs is 2. The van der Waals surface area contributed by atoms with Crippen LogP contribution < -0.4 is 10.2 Å². The Balaban J connectivity index is 1.15. The summed E-state index contributed by atoms with van der Waals surface area (Å²) in [5, 5.41) is 3.75. The minimum absolute atomic E-state index is 0.0310. The van der Waals surface area contributed by atoms with Gasteiger partial charge in [-0.3, -0.25) is 9.80 Å². The van der Waals surface area contributed by atoms with Crippen LogP contribution in [0.1, 0.15) is 53.9 Å². The molecule has 5 nitrogen and oxygen atoms in total. The molecule has 2 amide bonds. The fraction of sp³-hybridized carbons (Fsp3) is 0.355. The number of nitrogens with zero attached hydrogens (tertiary/aromatic N) is 3. The third-order valence-corrected chi connectivity index (χ3v) is 8.48. The molecule has 1 N–H and O–H groups in total. The molecular formula is C31H32ClFN4O. The van der Waals surface area contributed by atoms with Gasteiger partial charge in [0.25, 0.3) is 0 Å². The first-order chi connectivity index (χ1) is 18.5. The number of benzene rings is 2. The molecule has 3 aliphatic rings. The highest BCUT2D eigenvalue weighted by Gasteiger charge is 2.46. The summed E-state index contributed by atoms with van der Waals surface area (Å²) in [4.78, 5) is 21.4. The summed E-state index contributed by atoms with van der Waals surface area (Å²) in [5.41, 5.74) is 5.56. The quantitative estimate of drug-likeness (QED) is 0.369. The highest BCUT2D eigenvalue weighted by atomic mass is 35.5. The third kappa shape index (κ3) is 5.33. The molecule has 196 valence electrons. The summed E-state index contributed by atoms with van der Waals surface area (Å²) >= 11 is 6.00. The summed E-state index contributed by atoms with van der Waals surface area (Å²) in [7, 11) is 0. The molecule has 2 fully saturated rings. The van der Waals surface area contributed by atoms with Gasteiger partial charge in [-0.15, -0.1) is 0 Å². The van der Waals surface area contributed by atoms with Crippen LogP contribution in [0.4, 0.5) is 14.9 Å². The van der Waals surface area contributed by atoms with Crippen molar-refractivity contribution in [1.82, 2.24) is 15.2 Å². The van der Waals surface area contributed by atoms with Crippen molar-refractivity contribution in [3.8, 4) is 0 Å². The normalized spacial score (nSPS) is 18.7. The predicted molar refractivity (Wildman–Crippen MR) is 150 cm³/mol. The number of hydrogen-bond acceptors (Lipinski definition) is 3. The van der Waals surface area contributed by atoms with Crippen LogP contribution in [0.2, 0.25) is 5.02 Å². The molecule has 7 heteroatoms. The van der Waals surface area contributed by atoms with Crippen molar-refractivity contribution in [3.05, 3.63) is 100 Å². The summed E-state index contributed by atoms with van der Waals surface area (Å²) < 4.78 is 13.5. The maximum absolute atomic E-state index is 13.5. The van der Waals surface area contributed by atoms with E-state index in [2.05, 4.69) is 45.6 Å². The minimum Gasteiger partial charge on any atom is -0.334 e. The standard InChI is InChI=1S/C31H32ClFN4O/c32-26-8-3-22(4-9-26)2-1-15-36-16-12-31(13-17-36)21-37(28-10-7-25(19-27(28)31)24-5-6-24)30(38)35-20-23-11-14-34-29(33)18-23/h1-4,7-11,14,18-19,24H,5-6,12-13,15-17,20-21H2,(H,35,38). The second-order valence-electron chi connectivity index (χ2n) is 10.8. The van der Waals surface area contributed by atoms with Crippen molar-refractivity contribution in [2.75, 3.05) is 31.1 Å². The number of anilines is 1. The SMILES string of the molecule is O=C(NCc1ccnc(F)c1)N1CC2(CCN(CC=Cc3ccc(Cl)cc3)CC2)c2cc(C3CC3)ccc21. The lowest BCUT2D eigenvalue weighted by Crippen LogP contribution is -2.47. The van der Waals surface area contributed by atoms with Crippen LogP contribution in [-0.4, -0.2) is 42.1 Å². The van der Waals surface area contributed by atoms with Crippen molar-refractivity contribution in [1.29, 1.82) is 0 Å². The number of carbonyl (C=O) groups excluding carboxylic acids is 1. The van der Waals surface area contributed by atoms with Crippen LogP contribution in [-0.2, 0) is 12.0 Å². The maximum Gasteiger partial charge on any atom is 0.322 e. The molecule has 3 aromatic rings. The van der Waals surface area contributed by atoms with Crippen molar-refractivity contribution in [2.24, 2.45) is 0 Å². The number of likely N-dealkylation sites (tertiary alicyclic amines) is 1. The molecule has 6 rings (SSSR count). The fourth-order valence-electron chi connectivity index (χ4n) is 5.87. The number of hydrogen-bond donors (Lipinski definition) is 1. The lowest BCUT2D eigenvalue weighted by atomic mass is 9.74. The Morgan fingerprint density at radius 1 is 1.11 bits per heavy atom. The smallest absolute Gasteiger partial charge is 0.322 e. The first kappa shape index (κ1) is 25.1. The molecule has 0 atom stereocenters. The van der Waals surface area contributed by atoms with E-state index in [1.807, 2.05) is 29.2 Å². The minimum atomic E-state index is -0.537. The molecule has 38 heavy (non-hydrogen) atoms. The summed E-state index contributed by atoms with van der Waals surface area (Å²) in [5.74, 6) is 0.129. The highest BCUT2D eigenvalue weighted by molar-refractivity contribution is 6.30. The molecule has 1 saturated heterocycles. The number of rotatable bonds is 6. The van der Waals surface area contributed by atoms with E-state index < -0.39 is 5.95 Å².